The first-order chi connectivity index (χ1) is 11.2. The van der Waals surface area contributed by atoms with Crippen LogP contribution in [0.15, 0.2) is 36.8 Å². The fraction of sp³-hybridized carbons (Fsp3) is 0.188. The van der Waals surface area contributed by atoms with Crippen LogP contribution in [0.2, 0.25) is 0 Å². The normalized spacial score (nSPS) is 10.4. The first-order valence-corrected chi connectivity index (χ1v) is 6.93. The average Bonchev–Trinajstić information content (AvgIpc) is 2.61. The van der Waals surface area contributed by atoms with Gasteiger partial charge in [-0.1, -0.05) is 0 Å². The van der Waals surface area contributed by atoms with E-state index in [1.165, 1.54) is 0 Å². The minimum absolute atomic E-state index is 0.256. The van der Waals surface area contributed by atoms with Gasteiger partial charge in [0.25, 0.3) is 0 Å². The van der Waals surface area contributed by atoms with Gasteiger partial charge in [0, 0.05) is 24.7 Å². The van der Waals surface area contributed by atoms with Crippen molar-refractivity contribution < 1.29 is 14.2 Å². The second-order valence-corrected chi connectivity index (χ2v) is 4.64. The molecule has 0 spiro atoms. The molecule has 118 valence electrons. The third-order valence-corrected chi connectivity index (χ3v) is 3.32. The zero-order chi connectivity index (χ0) is 16.2. The zero-order valence-corrected chi connectivity index (χ0v) is 13.0. The summed E-state index contributed by atoms with van der Waals surface area (Å²) in [7, 11) is 4.97. The molecule has 3 rings (SSSR count). The lowest BCUT2D eigenvalue weighted by atomic mass is 10.2. The van der Waals surface area contributed by atoms with Crippen LogP contribution in [0, 0.1) is 0 Å². The van der Waals surface area contributed by atoms with Crippen LogP contribution in [0.3, 0.4) is 0 Å². The molecule has 3 aromatic rings. The molecular formula is C16H16N4O3. The van der Waals surface area contributed by atoms with Crippen LogP contribution in [0.1, 0.15) is 0 Å². The molecule has 2 aromatic heterocycles. The van der Waals surface area contributed by atoms with E-state index in [0.29, 0.717) is 17.2 Å². The van der Waals surface area contributed by atoms with Gasteiger partial charge in [-0.3, -0.25) is 4.98 Å². The summed E-state index contributed by atoms with van der Waals surface area (Å²) in [5, 5.41) is 3.74. The topological polar surface area (TPSA) is 78.4 Å². The van der Waals surface area contributed by atoms with Gasteiger partial charge in [-0.2, -0.15) is 0 Å². The predicted molar refractivity (Wildman–Crippen MR) is 86.5 cm³/mol. The van der Waals surface area contributed by atoms with Gasteiger partial charge >= 0.3 is 6.01 Å². The Bertz CT molecular complexity index is 821. The summed E-state index contributed by atoms with van der Waals surface area (Å²) < 4.78 is 16.4. The maximum absolute atomic E-state index is 5.78. The summed E-state index contributed by atoms with van der Waals surface area (Å²) in [5.41, 5.74) is 1.54. The summed E-state index contributed by atoms with van der Waals surface area (Å²) in [6.07, 6.45) is 4.95. The van der Waals surface area contributed by atoms with E-state index in [4.69, 9.17) is 14.2 Å². The molecule has 1 aromatic carbocycles. The molecule has 0 saturated carbocycles. The predicted octanol–water partition coefficient (Wildman–Crippen LogP) is 2.88. The highest BCUT2D eigenvalue weighted by Gasteiger charge is 2.12. The van der Waals surface area contributed by atoms with E-state index in [-0.39, 0.29) is 6.01 Å². The molecule has 0 amide bonds. The van der Waals surface area contributed by atoms with Gasteiger partial charge in [0.2, 0.25) is 0 Å². The molecule has 0 aliphatic heterocycles. The molecule has 0 unspecified atom stereocenters. The Kier molecular flexibility index (Phi) is 4.09. The number of ether oxygens (including phenoxy) is 3. The summed E-state index contributed by atoms with van der Waals surface area (Å²) in [4.78, 5) is 12.6. The Balaban J connectivity index is 2.02. The van der Waals surface area contributed by atoms with Crippen molar-refractivity contribution in [3.8, 4) is 23.3 Å². The summed E-state index contributed by atoms with van der Waals surface area (Å²) in [6, 6.07) is 5.62. The first kappa shape index (κ1) is 14.8. The van der Waals surface area contributed by atoms with Gasteiger partial charge in [-0.25, -0.2) is 9.97 Å². The number of nitrogens with one attached hydrogen (secondary N) is 1. The zero-order valence-electron chi connectivity index (χ0n) is 13.0. The molecular weight excluding hydrogens is 296 g/mol. The standard InChI is InChI=1S/C16H16N4O3/c1-17-10-8-19-16(20-9-10)23-13-4-5-18-12-7-15(22-3)14(21-2)6-11(12)13/h4-9,17H,1-3H3. The van der Waals surface area contributed by atoms with E-state index in [1.54, 1.807) is 52.0 Å². The van der Waals surface area contributed by atoms with E-state index in [2.05, 4.69) is 20.3 Å². The molecule has 0 saturated heterocycles. The van der Waals surface area contributed by atoms with E-state index in [0.717, 1.165) is 16.6 Å². The smallest absolute Gasteiger partial charge is 0.322 e. The minimum Gasteiger partial charge on any atom is -0.493 e. The lowest BCUT2D eigenvalue weighted by Crippen LogP contribution is -1.96. The van der Waals surface area contributed by atoms with Gasteiger partial charge in [-0.15, -0.1) is 0 Å². The number of anilines is 1. The Labute approximate surface area is 133 Å². The summed E-state index contributed by atoms with van der Waals surface area (Å²) in [5.74, 6) is 1.80. The molecule has 7 nitrogen and oxygen atoms in total. The Morgan fingerprint density at radius 2 is 1.61 bits per heavy atom. The molecule has 0 fully saturated rings. The van der Waals surface area contributed by atoms with Gasteiger partial charge in [0.15, 0.2) is 11.5 Å². The second kappa shape index (κ2) is 6.35. The van der Waals surface area contributed by atoms with Crippen molar-refractivity contribution >= 4 is 16.6 Å². The highest BCUT2D eigenvalue weighted by atomic mass is 16.5. The Morgan fingerprint density at radius 3 is 2.26 bits per heavy atom. The molecule has 7 heteroatoms. The highest BCUT2D eigenvalue weighted by molar-refractivity contribution is 5.88. The fourth-order valence-corrected chi connectivity index (χ4v) is 2.13. The maximum Gasteiger partial charge on any atom is 0.322 e. The molecule has 2 heterocycles. The van der Waals surface area contributed by atoms with Crippen molar-refractivity contribution in [1.82, 2.24) is 15.0 Å². The summed E-state index contributed by atoms with van der Waals surface area (Å²) in [6.45, 7) is 0. The number of aromatic nitrogens is 3. The largest absolute Gasteiger partial charge is 0.493 e. The van der Waals surface area contributed by atoms with Crippen molar-refractivity contribution in [2.45, 2.75) is 0 Å². The van der Waals surface area contributed by atoms with Crippen LogP contribution in [-0.2, 0) is 0 Å². The lowest BCUT2D eigenvalue weighted by molar-refractivity contribution is 0.355. The van der Waals surface area contributed by atoms with Gasteiger partial charge in [0.05, 0.1) is 37.8 Å². The number of hydrogen-bond donors (Lipinski definition) is 1. The van der Waals surface area contributed by atoms with Crippen molar-refractivity contribution in [3.05, 3.63) is 36.8 Å². The second-order valence-electron chi connectivity index (χ2n) is 4.64. The third-order valence-electron chi connectivity index (χ3n) is 3.32. The maximum atomic E-state index is 5.78. The highest BCUT2D eigenvalue weighted by Crippen LogP contribution is 2.36. The molecule has 23 heavy (non-hydrogen) atoms. The average molecular weight is 312 g/mol. The van der Waals surface area contributed by atoms with Crippen LogP contribution in [0.5, 0.6) is 23.3 Å². The quantitative estimate of drug-likeness (QED) is 0.776. The van der Waals surface area contributed by atoms with Crippen molar-refractivity contribution in [3.63, 3.8) is 0 Å². The van der Waals surface area contributed by atoms with Crippen LogP contribution in [0.25, 0.3) is 10.9 Å². The third kappa shape index (κ3) is 2.94. The SMILES string of the molecule is CNc1cnc(Oc2ccnc3cc(OC)c(OC)cc23)nc1. The van der Waals surface area contributed by atoms with Crippen molar-refractivity contribution in [2.24, 2.45) is 0 Å². The molecule has 1 N–H and O–H groups in total. The number of methoxy groups -OCH3 is 2. The number of hydrogen-bond acceptors (Lipinski definition) is 7. The van der Waals surface area contributed by atoms with E-state index >= 15 is 0 Å². The molecule has 0 atom stereocenters. The summed E-state index contributed by atoms with van der Waals surface area (Å²) >= 11 is 0. The van der Waals surface area contributed by atoms with Gasteiger partial charge in [0.1, 0.15) is 5.75 Å². The van der Waals surface area contributed by atoms with Crippen LogP contribution in [-0.4, -0.2) is 36.2 Å². The van der Waals surface area contributed by atoms with Crippen molar-refractivity contribution in [1.29, 1.82) is 0 Å². The minimum atomic E-state index is 0.256. The number of benzene rings is 1. The van der Waals surface area contributed by atoms with E-state index in [9.17, 15) is 0 Å². The monoisotopic (exact) mass is 312 g/mol. The Morgan fingerprint density at radius 1 is 0.913 bits per heavy atom. The van der Waals surface area contributed by atoms with Gasteiger partial charge in [-0.05, 0) is 12.1 Å². The van der Waals surface area contributed by atoms with Crippen LogP contribution >= 0.6 is 0 Å². The molecule has 0 bridgehead atoms. The van der Waals surface area contributed by atoms with Crippen LogP contribution in [0.4, 0.5) is 5.69 Å². The first-order valence-electron chi connectivity index (χ1n) is 6.93. The molecule has 0 aliphatic carbocycles. The number of rotatable bonds is 5. The number of pyridine rings is 1. The fourth-order valence-electron chi connectivity index (χ4n) is 2.13. The molecule has 0 aliphatic rings. The van der Waals surface area contributed by atoms with Crippen LogP contribution < -0.4 is 19.5 Å². The lowest BCUT2D eigenvalue weighted by Gasteiger charge is -2.11. The van der Waals surface area contributed by atoms with E-state index < -0.39 is 0 Å². The molecule has 0 radical (unpaired) electrons. The van der Waals surface area contributed by atoms with Gasteiger partial charge < -0.3 is 19.5 Å². The van der Waals surface area contributed by atoms with Crippen molar-refractivity contribution in [2.75, 3.05) is 26.6 Å². The number of nitrogens with zero attached hydrogens (tertiary/aromatic N) is 3. The number of fused-ring (bicyclic) bond motifs is 1. The Hall–Kier alpha value is -3.09. The van der Waals surface area contributed by atoms with E-state index in [1.807, 2.05) is 6.07 Å².